The largest absolute Gasteiger partial charge is 0.244 e. The molecule has 0 bridgehead atoms. The van der Waals surface area contributed by atoms with Gasteiger partial charge < -0.3 is 0 Å². The minimum Gasteiger partial charge on any atom is -0.160 e. The molecule has 1 heterocycles. The number of hydrogen-bond donors (Lipinski definition) is 1. The first-order chi connectivity index (χ1) is 15.4. The SMILES string of the molecule is c1ccc(N[n+]2c(-c3ccccc3)cc(-c3ccccc3)cc2-c2ccccc2)cc1. The van der Waals surface area contributed by atoms with Gasteiger partial charge in [-0.25, -0.2) is 0 Å². The highest BCUT2D eigenvalue weighted by molar-refractivity contribution is 5.74. The summed E-state index contributed by atoms with van der Waals surface area (Å²) >= 11 is 0. The number of rotatable bonds is 5. The highest BCUT2D eigenvalue weighted by Gasteiger charge is 2.23. The van der Waals surface area contributed by atoms with Gasteiger partial charge in [0.2, 0.25) is 11.4 Å². The third kappa shape index (κ3) is 4.10. The second kappa shape index (κ2) is 8.68. The number of nitrogens with zero attached hydrogens (tertiary/aromatic N) is 1. The van der Waals surface area contributed by atoms with Crippen molar-refractivity contribution >= 4 is 5.69 Å². The smallest absolute Gasteiger partial charge is 0.160 e. The van der Waals surface area contributed by atoms with Gasteiger partial charge in [-0.05, 0) is 47.5 Å². The van der Waals surface area contributed by atoms with E-state index < -0.39 is 0 Å². The van der Waals surface area contributed by atoms with Crippen molar-refractivity contribution in [2.45, 2.75) is 0 Å². The van der Waals surface area contributed by atoms with E-state index in [1.165, 1.54) is 11.1 Å². The van der Waals surface area contributed by atoms with Crippen molar-refractivity contribution < 1.29 is 4.68 Å². The van der Waals surface area contributed by atoms with E-state index in [1.54, 1.807) is 0 Å². The van der Waals surface area contributed by atoms with Crippen molar-refractivity contribution in [3.8, 4) is 33.6 Å². The van der Waals surface area contributed by atoms with E-state index in [0.717, 1.165) is 28.2 Å². The Labute approximate surface area is 183 Å². The lowest BCUT2D eigenvalue weighted by Crippen LogP contribution is -2.46. The molecule has 5 rings (SSSR count). The van der Waals surface area contributed by atoms with Crippen molar-refractivity contribution in [1.29, 1.82) is 0 Å². The van der Waals surface area contributed by atoms with Crippen LogP contribution in [0.2, 0.25) is 0 Å². The zero-order valence-electron chi connectivity index (χ0n) is 17.1. The molecule has 0 saturated heterocycles. The quantitative estimate of drug-likeness (QED) is 0.320. The molecule has 4 aromatic carbocycles. The Morgan fingerprint density at radius 3 is 1.23 bits per heavy atom. The summed E-state index contributed by atoms with van der Waals surface area (Å²) in [6, 6.07) is 46.4. The number of hydrogen-bond acceptors (Lipinski definition) is 1. The summed E-state index contributed by atoms with van der Waals surface area (Å²) in [6.45, 7) is 0. The molecule has 0 radical (unpaired) electrons. The Kier molecular flexibility index (Phi) is 5.27. The summed E-state index contributed by atoms with van der Waals surface area (Å²) in [4.78, 5) is 0. The molecule has 0 aliphatic heterocycles. The van der Waals surface area contributed by atoms with Gasteiger partial charge in [-0.3, -0.25) is 0 Å². The molecule has 0 fully saturated rings. The molecule has 0 aliphatic rings. The summed E-state index contributed by atoms with van der Waals surface area (Å²) in [7, 11) is 0. The average Bonchev–Trinajstić information content (AvgIpc) is 2.86. The molecule has 0 saturated carbocycles. The van der Waals surface area contributed by atoms with Crippen LogP contribution in [0.15, 0.2) is 133 Å². The molecular formula is C29H23N2+. The molecule has 148 valence electrons. The topological polar surface area (TPSA) is 15.9 Å². The number of pyridine rings is 1. The van der Waals surface area contributed by atoms with Crippen LogP contribution < -0.4 is 10.1 Å². The molecule has 0 amide bonds. The van der Waals surface area contributed by atoms with Gasteiger partial charge in [-0.1, -0.05) is 89.6 Å². The molecule has 2 nitrogen and oxygen atoms in total. The van der Waals surface area contributed by atoms with E-state index >= 15 is 0 Å². The van der Waals surface area contributed by atoms with Gasteiger partial charge in [0.15, 0.2) is 0 Å². The van der Waals surface area contributed by atoms with Gasteiger partial charge in [0.05, 0.1) is 5.69 Å². The first-order valence-electron chi connectivity index (χ1n) is 10.5. The number of aromatic nitrogens is 1. The predicted octanol–water partition coefficient (Wildman–Crippen LogP) is 6.85. The lowest BCUT2D eigenvalue weighted by Gasteiger charge is -2.13. The monoisotopic (exact) mass is 399 g/mol. The summed E-state index contributed by atoms with van der Waals surface area (Å²) < 4.78 is 2.19. The molecule has 0 unspecified atom stereocenters. The zero-order chi connectivity index (χ0) is 20.9. The molecular weight excluding hydrogens is 376 g/mol. The molecule has 1 N–H and O–H groups in total. The number of anilines is 1. The van der Waals surface area contributed by atoms with Gasteiger partial charge in [0.25, 0.3) is 0 Å². The van der Waals surface area contributed by atoms with Crippen LogP contribution >= 0.6 is 0 Å². The molecule has 2 heteroatoms. The van der Waals surface area contributed by atoms with Gasteiger partial charge in [0.1, 0.15) is 0 Å². The highest BCUT2D eigenvalue weighted by Crippen LogP contribution is 2.29. The standard InChI is InChI=1S/C29H23N2/c1-5-13-23(14-6-1)26-21-28(24-15-7-2-8-16-24)31(30-27-19-11-4-12-20-27)29(22-26)25-17-9-3-10-18-25/h1-22,30H/q+1. The lowest BCUT2D eigenvalue weighted by atomic mass is 9.99. The molecule has 31 heavy (non-hydrogen) atoms. The summed E-state index contributed by atoms with van der Waals surface area (Å²) in [5.74, 6) is 0. The maximum atomic E-state index is 3.63. The van der Waals surface area contributed by atoms with Crippen LogP contribution in [0.4, 0.5) is 5.69 Å². The van der Waals surface area contributed by atoms with Crippen LogP contribution in [-0.2, 0) is 0 Å². The van der Waals surface area contributed by atoms with Crippen LogP contribution in [0.25, 0.3) is 33.6 Å². The maximum absolute atomic E-state index is 3.63. The van der Waals surface area contributed by atoms with E-state index in [4.69, 9.17) is 0 Å². The first-order valence-corrected chi connectivity index (χ1v) is 10.5. The molecule has 1 aromatic heterocycles. The molecule has 5 aromatic rings. The molecule has 0 aliphatic carbocycles. The van der Waals surface area contributed by atoms with Crippen LogP contribution in [0, 0.1) is 0 Å². The van der Waals surface area contributed by atoms with Crippen molar-refractivity contribution in [3.05, 3.63) is 133 Å². The Hall–Kier alpha value is -4.17. The van der Waals surface area contributed by atoms with E-state index in [1.807, 2.05) is 18.2 Å². The van der Waals surface area contributed by atoms with Gasteiger partial charge in [-0.15, -0.1) is 0 Å². The third-order valence-electron chi connectivity index (χ3n) is 5.33. The highest BCUT2D eigenvalue weighted by atomic mass is 15.4. The minimum absolute atomic E-state index is 1.04. The maximum Gasteiger partial charge on any atom is 0.244 e. The van der Waals surface area contributed by atoms with Gasteiger partial charge in [0, 0.05) is 23.3 Å². The Bertz CT molecular complexity index is 1210. The predicted molar refractivity (Wildman–Crippen MR) is 128 cm³/mol. The van der Waals surface area contributed by atoms with Crippen LogP contribution in [0.1, 0.15) is 0 Å². The summed E-state index contributed by atoms with van der Waals surface area (Å²) in [6.07, 6.45) is 0. The first kappa shape index (κ1) is 18.8. The normalized spacial score (nSPS) is 10.6. The van der Waals surface area contributed by atoms with Crippen LogP contribution in [0.5, 0.6) is 0 Å². The summed E-state index contributed by atoms with van der Waals surface area (Å²) in [5, 5.41) is 0. The molecule has 0 spiro atoms. The van der Waals surface area contributed by atoms with Gasteiger partial charge >= 0.3 is 0 Å². The van der Waals surface area contributed by atoms with E-state index in [2.05, 4.69) is 125 Å². The lowest BCUT2D eigenvalue weighted by molar-refractivity contribution is -0.620. The second-order valence-corrected chi connectivity index (χ2v) is 7.43. The fourth-order valence-electron chi connectivity index (χ4n) is 3.80. The van der Waals surface area contributed by atoms with Crippen molar-refractivity contribution in [2.75, 3.05) is 5.43 Å². The van der Waals surface area contributed by atoms with Gasteiger partial charge in [-0.2, -0.15) is 5.43 Å². The van der Waals surface area contributed by atoms with Crippen molar-refractivity contribution in [1.82, 2.24) is 0 Å². The van der Waals surface area contributed by atoms with Crippen LogP contribution in [-0.4, -0.2) is 0 Å². The van der Waals surface area contributed by atoms with E-state index in [0.29, 0.717) is 0 Å². The third-order valence-corrected chi connectivity index (χ3v) is 5.33. The fourth-order valence-corrected chi connectivity index (χ4v) is 3.80. The van der Waals surface area contributed by atoms with E-state index in [9.17, 15) is 0 Å². The average molecular weight is 400 g/mol. The van der Waals surface area contributed by atoms with Crippen molar-refractivity contribution in [3.63, 3.8) is 0 Å². The Morgan fingerprint density at radius 2 is 0.774 bits per heavy atom. The zero-order valence-corrected chi connectivity index (χ0v) is 17.1. The molecule has 0 atom stereocenters. The number of para-hydroxylation sites is 1. The van der Waals surface area contributed by atoms with Crippen LogP contribution in [0.3, 0.4) is 0 Å². The van der Waals surface area contributed by atoms with Crippen molar-refractivity contribution in [2.24, 2.45) is 0 Å². The van der Waals surface area contributed by atoms with E-state index in [-0.39, 0.29) is 0 Å². The number of nitrogens with one attached hydrogen (secondary N) is 1. The summed E-state index contributed by atoms with van der Waals surface area (Å²) in [5.41, 5.74) is 11.6. The Morgan fingerprint density at radius 1 is 0.387 bits per heavy atom. The second-order valence-electron chi connectivity index (χ2n) is 7.43. The fraction of sp³-hybridized carbons (Fsp3) is 0. The minimum atomic E-state index is 1.04. The number of benzene rings is 4. The Balaban J connectivity index is 1.79.